The lowest BCUT2D eigenvalue weighted by Gasteiger charge is -2.05. The predicted octanol–water partition coefficient (Wildman–Crippen LogP) is 1.20. The Kier molecular flexibility index (Phi) is 3.77. The molecule has 2 N–H and O–H groups in total. The molecule has 0 bridgehead atoms. The zero-order chi connectivity index (χ0) is 12.1. The lowest BCUT2D eigenvalue weighted by molar-refractivity contribution is 0.365. The van der Waals surface area contributed by atoms with Crippen molar-refractivity contribution in [1.82, 2.24) is 20.1 Å². The van der Waals surface area contributed by atoms with Crippen molar-refractivity contribution in [2.45, 2.75) is 32.2 Å². The molecule has 2 heterocycles. The van der Waals surface area contributed by atoms with E-state index in [1.807, 2.05) is 0 Å². The monoisotopic (exact) mass is 233 g/mol. The van der Waals surface area contributed by atoms with Gasteiger partial charge in [0.15, 0.2) is 0 Å². The maximum Gasteiger partial charge on any atom is 0.240 e. The van der Waals surface area contributed by atoms with Crippen molar-refractivity contribution < 1.29 is 4.52 Å². The number of rotatable bonds is 5. The van der Waals surface area contributed by atoms with Crippen LogP contribution in [0, 0.1) is 0 Å². The highest BCUT2D eigenvalue weighted by atomic mass is 16.5. The van der Waals surface area contributed by atoms with Gasteiger partial charge in [0.2, 0.25) is 17.5 Å². The fourth-order valence-corrected chi connectivity index (χ4v) is 1.54. The van der Waals surface area contributed by atoms with Crippen LogP contribution in [-0.4, -0.2) is 26.2 Å². The molecule has 0 amide bonds. The molecule has 0 saturated carbocycles. The fraction of sp³-hybridized carbons (Fsp3) is 0.455. The third-order valence-corrected chi connectivity index (χ3v) is 2.33. The number of nitrogens with two attached hydrogens (primary N) is 1. The quantitative estimate of drug-likeness (QED) is 0.834. The van der Waals surface area contributed by atoms with Crippen molar-refractivity contribution in [2.75, 3.05) is 0 Å². The minimum Gasteiger partial charge on any atom is -0.339 e. The Morgan fingerprint density at radius 3 is 2.76 bits per heavy atom. The van der Waals surface area contributed by atoms with Crippen LogP contribution in [0.15, 0.2) is 23.0 Å². The van der Waals surface area contributed by atoms with E-state index in [9.17, 15) is 0 Å². The van der Waals surface area contributed by atoms with Crippen LogP contribution in [-0.2, 0) is 6.42 Å². The molecule has 0 spiro atoms. The van der Waals surface area contributed by atoms with E-state index in [4.69, 9.17) is 10.3 Å². The van der Waals surface area contributed by atoms with Gasteiger partial charge in [0.25, 0.3) is 0 Å². The van der Waals surface area contributed by atoms with E-state index >= 15 is 0 Å². The smallest absolute Gasteiger partial charge is 0.240 e. The molecule has 17 heavy (non-hydrogen) atoms. The molecule has 1 unspecified atom stereocenters. The van der Waals surface area contributed by atoms with Gasteiger partial charge in [-0.2, -0.15) is 4.98 Å². The highest BCUT2D eigenvalue weighted by Crippen LogP contribution is 2.10. The van der Waals surface area contributed by atoms with Crippen LogP contribution in [0.3, 0.4) is 0 Å². The average Bonchev–Trinajstić information content (AvgIpc) is 2.79. The minimum atomic E-state index is 0.0602. The molecule has 0 radical (unpaired) electrons. The fourth-order valence-electron chi connectivity index (χ4n) is 1.54. The van der Waals surface area contributed by atoms with Crippen molar-refractivity contribution in [2.24, 2.45) is 5.73 Å². The second kappa shape index (κ2) is 5.49. The van der Waals surface area contributed by atoms with Gasteiger partial charge < -0.3 is 10.3 Å². The van der Waals surface area contributed by atoms with Gasteiger partial charge in [0.05, 0.1) is 0 Å². The first-order valence-corrected chi connectivity index (χ1v) is 5.65. The molecule has 0 aliphatic carbocycles. The van der Waals surface area contributed by atoms with Crippen LogP contribution in [0.1, 0.15) is 25.7 Å². The molecular formula is C11H15N5O. The number of hydrogen-bond donors (Lipinski definition) is 1. The molecule has 2 rings (SSSR count). The maximum absolute atomic E-state index is 5.91. The minimum absolute atomic E-state index is 0.0602. The Bertz CT molecular complexity index is 456. The molecule has 90 valence electrons. The van der Waals surface area contributed by atoms with E-state index in [2.05, 4.69) is 27.0 Å². The highest BCUT2D eigenvalue weighted by molar-refractivity contribution is 5.40. The second-order valence-corrected chi connectivity index (χ2v) is 3.84. The molecule has 2 aromatic heterocycles. The van der Waals surface area contributed by atoms with Crippen molar-refractivity contribution in [3.63, 3.8) is 0 Å². The van der Waals surface area contributed by atoms with E-state index < -0.39 is 0 Å². The van der Waals surface area contributed by atoms with Crippen LogP contribution in [0.4, 0.5) is 0 Å². The summed E-state index contributed by atoms with van der Waals surface area (Å²) in [7, 11) is 0. The summed E-state index contributed by atoms with van der Waals surface area (Å²) >= 11 is 0. The molecule has 1 atom stereocenters. The second-order valence-electron chi connectivity index (χ2n) is 3.84. The molecule has 0 aromatic carbocycles. The van der Waals surface area contributed by atoms with Crippen LogP contribution in [0.5, 0.6) is 0 Å². The Morgan fingerprint density at radius 1 is 1.29 bits per heavy atom. The first kappa shape index (κ1) is 11.7. The van der Waals surface area contributed by atoms with Gasteiger partial charge in [-0.1, -0.05) is 18.5 Å². The van der Waals surface area contributed by atoms with Crippen molar-refractivity contribution in [3.05, 3.63) is 24.4 Å². The lowest BCUT2D eigenvalue weighted by atomic mass is 10.1. The van der Waals surface area contributed by atoms with Crippen molar-refractivity contribution in [1.29, 1.82) is 0 Å². The molecule has 0 aliphatic heterocycles. The first-order chi connectivity index (χ1) is 8.29. The van der Waals surface area contributed by atoms with Crippen LogP contribution < -0.4 is 5.73 Å². The molecule has 0 aliphatic rings. The van der Waals surface area contributed by atoms with E-state index in [0.717, 1.165) is 12.8 Å². The SMILES string of the molecule is CCCC(N)Cc1nc(-c2ncccn2)no1. The number of aromatic nitrogens is 4. The van der Waals surface area contributed by atoms with Crippen LogP contribution in [0.25, 0.3) is 11.6 Å². The Labute approximate surface area is 99.3 Å². The summed E-state index contributed by atoms with van der Waals surface area (Å²) < 4.78 is 5.11. The molecule has 6 heteroatoms. The molecule has 0 saturated heterocycles. The van der Waals surface area contributed by atoms with Gasteiger partial charge >= 0.3 is 0 Å². The molecule has 2 aromatic rings. The van der Waals surface area contributed by atoms with E-state index in [0.29, 0.717) is 24.0 Å². The zero-order valence-electron chi connectivity index (χ0n) is 9.71. The third kappa shape index (κ3) is 3.07. The number of hydrogen-bond acceptors (Lipinski definition) is 6. The Hall–Kier alpha value is -1.82. The molecular weight excluding hydrogens is 218 g/mol. The van der Waals surface area contributed by atoms with Gasteiger partial charge in [0.1, 0.15) is 0 Å². The van der Waals surface area contributed by atoms with Crippen molar-refractivity contribution >= 4 is 0 Å². The topological polar surface area (TPSA) is 90.7 Å². The predicted molar refractivity (Wildman–Crippen MR) is 61.9 cm³/mol. The summed E-state index contributed by atoms with van der Waals surface area (Å²) in [4.78, 5) is 12.3. The van der Waals surface area contributed by atoms with Gasteiger partial charge in [-0.25, -0.2) is 9.97 Å². The summed E-state index contributed by atoms with van der Waals surface area (Å²) in [5, 5.41) is 3.83. The van der Waals surface area contributed by atoms with Gasteiger partial charge in [-0.05, 0) is 12.5 Å². The van der Waals surface area contributed by atoms with Gasteiger partial charge in [0, 0.05) is 24.9 Å². The summed E-state index contributed by atoms with van der Waals surface area (Å²) in [6.07, 6.45) is 5.86. The van der Waals surface area contributed by atoms with Crippen molar-refractivity contribution in [3.8, 4) is 11.6 Å². The highest BCUT2D eigenvalue weighted by Gasteiger charge is 2.13. The largest absolute Gasteiger partial charge is 0.339 e. The van der Waals surface area contributed by atoms with E-state index in [-0.39, 0.29) is 6.04 Å². The lowest BCUT2D eigenvalue weighted by Crippen LogP contribution is -2.22. The van der Waals surface area contributed by atoms with E-state index in [1.165, 1.54) is 0 Å². The third-order valence-electron chi connectivity index (χ3n) is 2.33. The summed E-state index contributed by atoms with van der Waals surface area (Å²) in [6, 6.07) is 1.80. The zero-order valence-corrected chi connectivity index (χ0v) is 9.71. The van der Waals surface area contributed by atoms with E-state index in [1.54, 1.807) is 18.5 Å². The average molecular weight is 233 g/mol. The summed E-state index contributed by atoms with van der Waals surface area (Å²) in [5.41, 5.74) is 5.91. The maximum atomic E-state index is 5.91. The number of nitrogens with zero attached hydrogens (tertiary/aromatic N) is 4. The van der Waals surface area contributed by atoms with Crippen LogP contribution in [0.2, 0.25) is 0 Å². The van der Waals surface area contributed by atoms with Gasteiger partial charge in [-0.3, -0.25) is 0 Å². The Morgan fingerprint density at radius 2 is 2.06 bits per heavy atom. The Balaban J connectivity index is 2.06. The van der Waals surface area contributed by atoms with Gasteiger partial charge in [-0.15, -0.1) is 0 Å². The van der Waals surface area contributed by atoms with Crippen LogP contribution >= 0.6 is 0 Å². The molecule has 0 fully saturated rings. The molecule has 6 nitrogen and oxygen atoms in total. The first-order valence-electron chi connectivity index (χ1n) is 5.65. The standard InChI is InChI=1S/C11H15N5O/c1-2-4-8(12)7-9-15-11(16-17-9)10-13-5-3-6-14-10/h3,5-6,8H,2,4,7,12H2,1H3. The summed E-state index contributed by atoms with van der Waals surface area (Å²) in [5.74, 6) is 1.41. The normalized spacial score (nSPS) is 12.6. The summed E-state index contributed by atoms with van der Waals surface area (Å²) in [6.45, 7) is 2.09.